The van der Waals surface area contributed by atoms with Gasteiger partial charge in [-0.2, -0.15) is 0 Å². The molecule has 1 aliphatic rings. The SMILES string of the molecule is O=C(CSCSc1nc2ccccc2c(=O)n1-c1ccc(F)cc1)NCCN1CCOCC1. The summed E-state index contributed by atoms with van der Waals surface area (Å²) < 4.78 is 20.2. The molecular weight excluding hydrogens is 463 g/mol. The van der Waals surface area contributed by atoms with Crippen LogP contribution < -0.4 is 10.9 Å². The van der Waals surface area contributed by atoms with Gasteiger partial charge < -0.3 is 10.1 Å². The van der Waals surface area contributed by atoms with Crippen LogP contribution in [0.5, 0.6) is 0 Å². The first-order chi connectivity index (χ1) is 16.1. The van der Waals surface area contributed by atoms with Gasteiger partial charge in [0.15, 0.2) is 5.16 Å². The molecule has 2 aromatic carbocycles. The molecular formula is C23H25FN4O3S2. The second-order valence-electron chi connectivity index (χ2n) is 7.44. The van der Waals surface area contributed by atoms with Gasteiger partial charge in [-0.3, -0.25) is 19.1 Å². The zero-order valence-corrected chi connectivity index (χ0v) is 19.7. The Kier molecular flexibility index (Phi) is 8.38. The van der Waals surface area contributed by atoms with E-state index in [0.717, 1.165) is 32.8 Å². The summed E-state index contributed by atoms with van der Waals surface area (Å²) in [6.45, 7) is 4.72. The molecule has 0 bridgehead atoms. The van der Waals surface area contributed by atoms with Crippen molar-refractivity contribution in [3.05, 3.63) is 64.7 Å². The van der Waals surface area contributed by atoms with E-state index in [9.17, 15) is 14.0 Å². The molecule has 1 aromatic heterocycles. The normalized spacial score (nSPS) is 14.5. The number of nitrogens with zero attached hydrogens (tertiary/aromatic N) is 3. The van der Waals surface area contributed by atoms with Crippen molar-refractivity contribution in [2.24, 2.45) is 0 Å². The molecule has 1 N–H and O–H groups in total. The number of hydrogen-bond acceptors (Lipinski definition) is 7. The van der Waals surface area contributed by atoms with Gasteiger partial charge in [0.2, 0.25) is 5.91 Å². The van der Waals surface area contributed by atoms with Crippen molar-refractivity contribution in [1.82, 2.24) is 19.8 Å². The molecule has 1 amide bonds. The van der Waals surface area contributed by atoms with Crippen LogP contribution in [0.25, 0.3) is 16.6 Å². The smallest absolute Gasteiger partial charge is 0.266 e. The fourth-order valence-electron chi connectivity index (χ4n) is 3.48. The monoisotopic (exact) mass is 488 g/mol. The third-order valence-electron chi connectivity index (χ3n) is 5.19. The Morgan fingerprint density at radius 2 is 1.88 bits per heavy atom. The van der Waals surface area contributed by atoms with Gasteiger partial charge in [-0.1, -0.05) is 23.9 Å². The van der Waals surface area contributed by atoms with Crippen molar-refractivity contribution in [2.75, 3.05) is 50.2 Å². The van der Waals surface area contributed by atoms with Crippen molar-refractivity contribution < 1.29 is 13.9 Å². The summed E-state index contributed by atoms with van der Waals surface area (Å²) in [5.74, 6) is -0.0639. The summed E-state index contributed by atoms with van der Waals surface area (Å²) >= 11 is 2.84. The molecule has 0 saturated carbocycles. The highest BCUT2D eigenvalue weighted by atomic mass is 32.2. The minimum absolute atomic E-state index is 0.0174. The Balaban J connectivity index is 1.36. The molecule has 1 saturated heterocycles. The highest BCUT2D eigenvalue weighted by molar-refractivity contribution is 8.16. The summed E-state index contributed by atoms with van der Waals surface area (Å²) in [7, 11) is 0. The number of aromatic nitrogens is 2. The van der Waals surface area contributed by atoms with E-state index in [-0.39, 0.29) is 17.3 Å². The number of carbonyl (C=O) groups excluding carboxylic acids is 1. The molecule has 0 aliphatic carbocycles. The third kappa shape index (κ3) is 6.35. The summed E-state index contributed by atoms with van der Waals surface area (Å²) in [5.41, 5.74) is 0.947. The first-order valence-electron chi connectivity index (χ1n) is 10.7. The molecule has 0 atom stereocenters. The molecule has 1 aliphatic heterocycles. The second-order valence-corrected chi connectivity index (χ2v) is 9.74. The van der Waals surface area contributed by atoms with Gasteiger partial charge in [0, 0.05) is 31.3 Å². The summed E-state index contributed by atoms with van der Waals surface area (Å²) in [5, 5.41) is 4.49. The Hall–Kier alpha value is -2.40. The van der Waals surface area contributed by atoms with Crippen LogP contribution in [0.2, 0.25) is 0 Å². The van der Waals surface area contributed by atoms with E-state index in [2.05, 4.69) is 15.2 Å². The van der Waals surface area contributed by atoms with Crippen LogP contribution in [0.3, 0.4) is 0 Å². The number of rotatable bonds is 9. The van der Waals surface area contributed by atoms with Crippen molar-refractivity contribution in [1.29, 1.82) is 0 Å². The number of halogens is 1. The quantitative estimate of drug-likeness (QED) is 0.215. The van der Waals surface area contributed by atoms with E-state index in [0.29, 0.717) is 39.1 Å². The lowest BCUT2D eigenvalue weighted by Crippen LogP contribution is -2.41. The largest absolute Gasteiger partial charge is 0.379 e. The predicted molar refractivity (Wildman–Crippen MR) is 131 cm³/mol. The highest BCUT2D eigenvalue weighted by Gasteiger charge is 2.14. The number of para-hydroxylation sites is 1. The van der Waals surface area contributed by atoms with E-state index in [1.807, 2.05) is 6.07 Å². The van der Waals surface area contributed by atoms with Crippen LogP contribution in [-0.4, -0.2) is 70.6 Å². The van der Waals surface area contributed by atoms with Crippen molar-refractivity contribution in [2.45, 2.75) is 5.16 Å². The lowest BCUT2D eigenvalue weighted by atomic mass is 10.2. The first kappa shape index (κ1) is 23.7. The van der Waals surface area contributed by atoms with Gasteiger partial charge in [0.1, 0.15) is 5.82 Å². The maximum Gasteiger partial charge on any atom is 0.266 e. The van der Waals surface area contributed by atoms with E-state index < -0.39 is 0 Å². The van der Waals surface area contributed by atoms with Crippen LogP contribution in [0.1, 0.15) is 0 Å². The number of benzene rings is 2. The highest BCUT2D eigenvalue weighted by Crippen LogP contribution is 2.24. The lowest BCUT2D eigenvalue weighted by Gasteiger charge is -2.26. The minimum atomic E-state index is -0.370. The van der Waals surface area contributed by atoms with Crippen LogP contribution in [0, 0.1) is 5.82 Å². The first-order valence-corrected chi connectivity index (χ1v) is 12.8. The van der Waals surface area contributed by atoms with Crippen LogP contribution in [0.4, 0.5) is 4.39 Å². The number of ether oxygens (including phenoxy) is 1. The standard InChI is InChI=1S/C23H25FN4O3S2/c24-17-5-7-18(8-6-17)28-22(30)19-3-1-2-4-20(19)26-23(28)33-16-32-15-21(29)25-9-10-27-11-13-31-14-12-27/h1-8H,9-16H2,(H,25,29). The van der Waals surface area contributed by atoms with E-state index in [4.69, 9.17) is 4.74 Å². The summed E-state index contributed by atoms with van der Waals surface area (Å²) in [4.78, 5) is 32.2. The molecule has 0 spiro atoms. The van der Waals surface area contributed by atoms with E-state index in [1.54, 1.807) is 30.3 Å². The third-order valence-corrected chi connectivity index (χ3v) is 7.32. The van der Waals surface area contributed by atoms with Crippen molar-refractivity contribution in [3.63, 3.8) is 0 Å². The topological polar surface area (TPSA) is 76.5 Å². The number of amides is 1. The Morgan fingerprint density at radius 1 is 1.12 bits per heavy atom. The minimum Gasteiger partial charge on any atom is -0.379 e. The number of nitrogens with one attached hydrogen (secondary N) is 1. The Labute approximate surface area is 199 Å². The van der Waals surface area contributed by atoms with Gasteiger partial charge >= 0.3 is 0 Å². The average molecular weight is 489 g/mol. The fourth-order valence-corrected chi connectivity index (χ4v) is 5.34. The molecule has 0 radical (unpaired) electrons. The van der Waals surface area contributed by atoms with Crippen LogP contribution in [-0.2, 0) is 9.53 Å². The molecule has 7 nitrogen and oxygen atoms in total. The number of fused-ring (bicyclic) bond motifs is 1. The maximum atomic E-state index is 13.4. The molecule has 2 heterocycles. The zero-order chi connectivity index (χ0) is 23.0. The molecule has 4 rings (SSSR count). The lowest BCUT2D eigenvalue weighted by molar-refractivity contribution is -0.118. The summed E-state index contributed by atoms with van der Waals surface area (Å²) in [6.07, 6.45) is 0. The fraction of sp³-hybridized carbons (Fsp3) is 0.348. The van der Waals surface area contributed by atoms with Crippen LogP contribution in [0.15, 0.2) is 58.5 Å². The molecule has 0 unspecified atom stereocenters. The van der Waals surface area contributed by atoms with Gasteiger partial charge in [0.25, 0.3) is 5.56 Å². The number of thioether (sulfide) groups is 2. The second kappa shape index (κ2) is 11.6. The van der Waals surface area contributed by atoms with Crippen LogP contribution >= 0.6 is 23.5 Å². The van der Waals surface area contributed by atoms with Crippen molar-refractivity contribution in [3.8, 4) is 5.69 Å². The maximum absolute atomic E-state index is 13.4. The van der Waals surface area contributed by atoms with Gasteiger partial charge in [0.05, 0.1) is 35.6 Å². The molecule has 3 aromatic rings. The predicted octanol–water partition coefficient (Wildman–Crippen LogP) is 2.76. The van der Waals surface area contributed by atoms with E-state index >= 15 is 0 Å². The Bertz CT molecular complexity index is 1150. The number of carbonyl (C=O) groups is 1. The van der Waals surface area contributed by atoms with Crippen molar-refractivity contribution >= 4 is 40.3 Å². The Morgan fingerprint density at radius 3 is 2.67 bits per heavy atom. The average Bonchev–Trinajstić information content (AvgIpc) is 2.83. The molecule has 174 valence electrons. The number of hydrogen-bond donors (Lipinski definition) is 1. The van der Waals surface area contributed by atoms with E-state index in [1.165, 1.54) is 40.2 Å². The van der Waals surface area contributed by atoms with Gasteiger partial charge in [-0.15, -0.1) is 11.8 Å². The summed E-state index contributed by atoms with van der Waals surface area (Å²) in [6, 6.07) is 12.9. The molecule has 33 heavy (non-hydrogen) atoms. The molecule has 10 heteroatoms. The van der Waals surface area contributed by atoms with Gasteiger partial charge in [-0.05, 0) is 36.4 Å². The zero-order valence-electron chi connectivity index (χ0n) is 18.0. The van der Waals surface area contributed by atoms with Gasteiger partial charge in [-0.25, -0.2) is 9.37 Å². The molecule has 1 fully saturated rings. The number of morpholine rings is 1.